The number of nitrogens with one attached hydrogen (secondary N) is 3. The second kappa shape index (κ2) is 27.1. The molecule has 0 radical (unpaired) electrons. The zero-order valence-electron chi connectivity index (χ0n) is 50.4. The van der Waals surface area contributed by atoms with Crippen LogP contribution >= 0.6 is 11.6 Å². The van der Waals surface area contributed by atoms with Crippen LogP contribution in [0.1, 0.15) is 56.4 Å². The zero-order valence-corrected chi connectivity index (χ0v) is 54.4. The van der Waals surface area contributed by atoms with Crippen molar-refractivity contribution in [3.63, 3.8) is 0 Å². The lowest BCUT2D eigenvalue weighted by Crippen LogP contribution is -2.13. The Labute approximate surface area is 551 Å². The van der Waals surface area contributed by atoms with Crippen LogP contribution < -0.4 is 15.4 Å². The molecule has 9 N–H and O–H groups in total. The third-order valence-electron chi connectivity index (χ3n) is 14.6. The fraction of sp³-hybridized carbons (Fsp3) is 0.0735. The minimum absolute atomic E-state index is 0.00175. The number of rotatable bonds is 13. The molecule has 0 bridgehead atoms. The minimum atomic E-state index is -4.47. The van der Waals surface area contributed by atoms with Gasteiger partial charge in [-0.1, -0.05) is 126 Å². The maximum absolute atomic E-state index is 13.3. The number of nitrogens with zero attached hydrogens (tertiary/aromatic N) is 3. The summed E-state index contributed by atoms with van der Waals surface area (Å²) >= 11 is 5.95. The molecule has 0 spiro atoms. The van der Waals surface area contributed by atoms with Crippen molar-refractivity contribution in [2.75, 3.05) is 6.26 Å². The van der Waals surface area contributed by atoms with E-state index in [1.54, 1.807) is 166 Å². The number of sulfone groups is 1. The molecule has 12 rings (SSSR count). The molecule has 9 aromatic carbocycles. The maximum atomic E-state index is 13.3. The Balaban J connectivity index is 0.000000157. The van der Waals surface area contributed by atoms with Gasteiger partial charge in [-0.3, -0.25) is 0 Å². The monoisotopic (exact) mass is 1400 g/mol. The van der Waals surface area contributed by atoms with Gasteiger partial charge in [0.05, 0.1) is 63.8 Å². The number of primary sulfonamides is 3. The maximum Gasteiger partial charge on any atom is 0.416 e. The molecule has 17 nitrogen and oxygen atoms in total. The predicted molar refractivity (Wildman–Crippen MR) is 362 cm³/mol. The Bertz CT molecular complexity index is 5600. The normalized spacial score (nSPS) is 12.6. The molecule has 28 heteroatoms. The van der Waals surface area contributed by atoms with Gasteiger partial charge in [0.15, 0.2) is 9.84 Å². The molecular formula is C68H54ClF6N9O8S4. The fourth-order valence-corrected chi connectivity index (χ4v) is 13.7. The molecule has 0 aliphatic heterocycles. The number of benzene rings is 9. The lowest BCUT2D eigenvalue weighted by atomic mass is 10.0. The van der Waals surface area contributed by atoms with Gasteiger partial charge in [-0.2, -0.15) is 26.3 Å². The molecule has 0 amide bonds. The summed E-state index contributed by atoms with van der Waals surface area (Å²) in [6.07, 6.45) is 1.52. The lowest BCUT2D eigenvalue weighted by molar-refractivity contribution is -0.138. The van der Waals surface area contributed by atoms with E-state index in [1.807, 2.05) is 0 Å². The number of aromatic nitrogens is 6. The highest BCUT2D eigenvalue weighted by atomic mass is 35.5. The summed E-state index contributed by atoms with van der Waals surface area (Å²) in [4.78, 5) is 22.7. The fourth-order valence-electron chi connectivity index (χ4n) is 10.3. The Hall–Kier alpha value is -9.84. The van der Waals surface area contributed by atoms with Crippen molar-refractivity contribution in [3.8, 4) is 33.4 Å². The third kappa shape index (κ3) is 16.6. The predicted octanol–water partition coefficient (Wildman–Crippen LogP) is 14.9. The second-order valence-corrected chi connectivity index (χ2v) is 28.9. The molecule has 3 heterocycles. The van der Waals surface area contributed by atoms with Gasteiger partial charge in [0, 0.05) is 28.0 Å². The quantitative estimate of drug-likeness (QED) is 0.0590. The Morgan fingerprint density at radius 2 is 0.812 bits per heavy atom. The Morgan fingerprint density at radius 1 is 0.406 bits per heavy atom. The van der Waals surface area contributed by atoms with Gasteiger partial charge >= 0.3 is 12.4 Å². The molecule has 96 heavy (non-hydrogen) atoms. The van der Waals surface area contributed by atoms with E-state index in [1.165, 1.54) is 48.6 Å². The van der Waals surface area contributed by atoms with Gasteiger partial charge in [0.25, 0.3) is 0 Å². The number of sulfonamides is 3. The third-order valence-corrected chi connectivity index (χ3v) is 18.9. The number of hydrogen-bond acceptors (Lipinski definition) is 11. The van der Waals surface area contributed by atoms with Crippen molar-refractivity contribution < 1.29 is 60.0 Å². The van der Waals surface area contributed by atoms with Crippen LogP contribution in [0.5, 0.6) is 0 Å². The molecular weight excluding hydrogens is 1350 g/mol. The molecule has 0 aliphatic carbocycles. The largest absolute Gasteiger partial charge is 0.416 e. The average molecular weight is 1400 g/mol. The molecule has 0 unspecified atom stereocenters. The first kappa shape index (κ1) is 69.0. The summed E-state index contributed by atoms with van der Waals surface area (Å²) in [7, 11) is -15.2. The lowest BCUT2D eigenvalue weighted by Gasteiger charge is -2.10. The van der Waals surface area contributed by atoms with Gasteiger partial charge < -0.3 is 15.0 Å². The molecule has 0 aliphatic rings. The Kier molecular flexibility index (Phi) is 19.5. The number of H-pyrrole nitrogens is 3. The number of nitrogens with two attached hydrogens (primary N) is 3. The van der Waals surface area contributed by atoms with E-state index in [0.29, 0.717) is 111 Å². The minimum Gasteiger partial charge on any atom is -0.338 e. The summed E-state index contributed by atoms with van der Waals surface area (Å²) < 4.78 is 175. The van der Waals surface area contributed by atoms with Gasteiger partial charge in [-0.25, -0.2) is 64.0 Å². The highest BCUT2D eigenvalue weighted by Gasteiger charge is 2.33. The summed E-state index contributed by atoms with van der Waals surface area (Å²) in [5, 5.41) is 16.3. The molecule has 492 valence electrons. The van der Waals surface area contributed by atoms with Crippen LogP contribution in [-0.4, -0.2) is 69.8 Å². The van der Waals surface area contributed by atoms with E-state index in [2.05, 4.69) is 29.9 Å². The topological polar surface area (TPSA) is 301 Å². The summed E-state index contributed by atoms with van der Waals surface area (Å²) in [6, 6.07) is 47.3. The smallest absolute Gasteiger partial charge is 0.338 e. The van der Waals surface area contributed by atoms with Crippen LogP contribution in [0, 0.1) is 13.8 Å². The summed E-state index contributed by atoms with van der Waals surface area (Å²) in [5.41, 5.74) is 7.83. The first-order valence-corrected chi connectivity index (χ1v) is 35.2. The number of alkyl halides is 6. The van der Waals surface area contributed by atoms with E-state index in [0.717, 1.165) is 24.5 Å². The van der Waals surface area contributed by atoms with Crippen LogP contribution in [0.25, 0.3) is 103 Å². The molecule has 0 atom stereocenters. The second-order valence-electron chi connectivity index (χ2n) is 21.9. The highest BCUT2D eigenvalue weighted by Crippen LogP contribution is 2.36. The van der Waals surface area contributed by atoms with Crippen molar-refractivity contribution in [1.82, 2.24) is 29.9 Å². The van der Waals surface area contributed by atoms with E-state index >= 15 is 0 Å². The number of aryl methyl sites for hydroxylation is 2. The average Bonchev–Trinajstić information content (AvgIpc) is 1.46. The van der Waals surface area contributed by atoms with Crippen molar-refractivity contribution in [2.45, 2.75) is 45.8 Å². The van der Waals surface area contributed by atoms with E-state index in [4.69, 9.17) is 27.0 Å². The van der Waals surface area contributed by atoms with Gasteiger partial charge in [-0.05, 0) is 162 Å². The van der Waals surface area contributed by atoms with Crippen molar-refractivity contribution in [3.05, 3.63) is 243 Å². The molecule has 12 aromatic rings. The summed E-state index contributed by atoms with van der Waals surface area (Å²) in [5.74, 6) is 1.32. The number of aromatic amines is 3. The van der Waals surface area contributed by atoms with Crippen LogP contribution in [0.4, 0.5) is 26.3 Å². The van der Waals surface area contributed by atoms with Crippen LogP contribution in [0.3, 0.4) is 0 Å². The summed E-state index contributed by atoms with van der Waals surface area (Å²) in [6.45, 7) is 3.33. The van der Waals surface area contributed by atoms with Crippen LogP contribution in [0.15, 0.2) is 202 Å². The van der Waals surface area contributed by atoms with Gasteiger partial charge in [0.2, 0.25) is 30.1 Å². The van der Waals surface area contributed by atoms with Crippen LogP contribution in [0.2, 0.25) is 5.02 Å². The number of hydrogen-bond donors (Lipinski definition) is 6. The standard InChI is InChI=1S/2C23H18F3N3O2S.C22H18ClN3O4S2/c1-14-6-9-18(23(24,25)26)16(12-14)8-11-22-28-19-10-7-15(13-20(19)29-22)17-4-2-3-5-21(17)32(27,30)31;1-14-10-15(12-17(11-14)23(24,25)26)6-9-22-28-19-8-7-16(13-20(19)29-22)18-4-2-3-5-21(18)32(27,30)31;1-31(27,28)21-13-16(23)9-6-14(21)8-11-22-25-18-10-7-15(12-19(18)26-22)17-4-2-3-5-20(17)32(24,29)30/h2*2-13H,1H3,(H,28,29)(H2,27,30,31);2-13H,1H3,(H,25,26)(H2,24,29,30)/b11-8+;9-6+;11-8+. The van der Waals surface area contributed by atoms with E-state index in [-0.39, 0.29) is 25.1 Å². The molecule has 0 saturated carbocycles. The van der Waals surface area contributed by atoms with Gasteiger partial charge in [0.1, 0.15) is 17.5 Å². The zero-order chi connectivity index (χ0) is 69.3. The number of halogens is 7. The van der Waals surface area contributed by atoms with E-state index < -0.39 is 63.4 Å². The van der Waals surface area contributed by atoms with Gasteiger partial charge in [-0.15, -0.1) is 0 Å². The first-order valence-electron chi connectivity index (χ1n) is 28.3. The van der Waals surface area contributed by atoms with Crippen molar-refractivity contribution >= 4 is 121 Å². The van der Waals surface area contributed by atoms with Crippen LogP contribution in [-0.2, 0) is 52.3 Å². The first-order chi connectivity index (χ1) is 45.0. The Morgan fingerprint density at radius 3 is 1.21 bits per heavy atom. The van der Waals surface area contributed by atoms with Crippen molar-refractivity contribution in [2.24, 2.45) is 15.4 Å². The molecule has 0 saturated heterocycles. The van der Waals surface area contributed by atoms with Crippen molar-refractivity contribution in [1.29, 1.82) is 0 Å². The van der Waals surface area contributed by atoms with E-state index in [9.17, 15) is 60.0 Å². The number of imidazole rings is 3. The molecule has 0 fully saturated rings. The SMILES string of the molecule is CS(=O)(=O)c1cc(Cl)ccc1/C=C/c1nc2ccc(-c3ccccc3S(N)(=O)=O)cc2[nH]1.Cc1cc(/C=C/c2nc3ccc(-c4ccccc4S(N)(=O)=O)cc3[nH]2)cc(C(F)(F)F)c1.Cc1ccc(C(F)(F)F)c(/C=C/c2nc3ccc(-c4ccccc4S(N)(=O)=O)cc3[nH]2)c1. The highest BCUT2D eigenvalue weighted by molar-refractivity contribution is 7.91. The molecule has 3 aromatic heterocycles. The number of fused-ring (bicyclic) bond motifs is 3.